The zero-order valence-corrected chi connectivity index (χ0v) is 13.2. The molecule has 1 aromatic rings. The molecule has 0 saturated carbocycles. The second-order valence-electron chi connectivity index (χ2n) is 6.42. The summed E-state index contributed by atoms with van der Waals surface area (Å²) in [6, 6.07) is 6.89. The Balaban J connectivity index is 1.25. The Morgan fingerprint density at radius 3 is 2.90 bits per heavy atom. The van der Waals surface area contributed by atoms with Crippen LogP contribution in [0.3, 0.4) is 0 Å². The maximum Gasteiger partial charge on any atom is 0.0373 e. The second-order valence-corrected chi connectivity index (χ2v) is 6.42. The number of hydrogen-bond donors (Lipinski definition) is 2. The number of unbranched alkanes of at least 4 members (excludes halogenated alkanes) is 1. The van der Waals surface area contributed by atoms with Gasteiger partial charge in [-0.05, 0) is 88.4 Å². The van der Waals surface area contributed by atoms with Gasteiger partial charge in [-0.25, -0.2) is 0 Å². The molecule has 21 heavy (non-hydrogen) atoms. The van der Waals surface area contributed by atoms with Gasteiger partial charge in [-0.3, -0.25) is 0 Å². The van der Waals surface area contributed by atoms with E-state index in [1.54, 1.807) is 0 Å². The van der Waals surface area contributed by atoms with Crippen LogP contribution in [0, 0.1) is 0 Å². The Bertz CT molecular complexity index is 438. The first-order chi connectivity index (χ1) is 10.4. The molecule has 0 bridgehead atoms. The highest BCUT2D eigenvalue weighted by molar-refractivity contribution is 5.56. The Hall–Kier alpha value is -1.06. The first kappa shape index (κ1) is 14.9. The van der Waals surface area contributed by atoms with Gasteiger partial charge in [0.25, 0.3) is 0 Å². The largest absolute Gasteiger partial charge is 0.384 e. The lowest BCUT2D eigenvalue weighted by atomic mass is 10.1. The summed E-state index contributed by atoms with van der Waals surface area (Å²) >= 11 is 0. The zero-order valence-electron chi connectivity index (χ0n) is 13.2. The topological polar surface area (TPSA) is 27.3 Å². The average Bonchev–Trinajstić information content (AvgIpc) is 3.17. The molecule has 1 fully saturated rings. The Kier molecular flexibility index (Phi) is 5.53. The van der Waals surface area contributed by atoms with E-state index >= 15 is 0 Å². The van der Waals surface area contributed by atoms with Crippen LogP contribution in [-0.4, -0.2) is 44.2 Å². The van der Waals surface area contributed by atoms with Crippen LogP contribution in [0.1, 0.15) is 36.8 Å². The fourth-order valence-corrected chi connectivity index (χ4v) is 3.46. The van der Waals surface area contributed by atoms with Gasteiger partial charge in [0.15, 0.2) is 0 Å². The minimum absolute atomic E-state index is 1.11. The Morgan fingerprint density at radius 1 is 1.10 bits per heavy atom. The van der Waals surface area contributed by atoms with Gasteiger partial charge in [0, 0.05) is 12.2 Å². The van der Waals surface area contributed by atoms with E-state index in [0.29, 0.717) is 0 Å². The molecule has 2 aliphatic rings. The summed E-state index contributed by atoms with van der Waals surface area (Å²) in [6.45, 7) is 7.35. The smallest absolute Gasteiger partial charge is 0.0373 e. The van der Waals surface area contributed by atoms with Crippen molar-refractivity contribution in [3.63, 3.8) is 0 Å². The molecule has 116 valence electrons. The van der Waals surface area contributed by atoms with Crippen molar-refractivity contribution in [1.82, 2.24) is 10.2 Å². The lowest BCUT2D eigenvalue weighted by Gasteiger charge is -2.14. The highest BCUT2D eigenvalue weighted by Gasteiger charge is 2.10. The van der Waals surface area contributed by atoms with Crippen molar-refractivity contribution < 1.29 is 0 Å². The summed E-state index contributed by atoms with van der Waals surface area (Å²) in [5, 5.41) is 7.01. The predicted octanol–water partition coefficient (Wildman–Crippen LogP) is 2.66. The molecule has 0 aliphatic carbocycles. The monoisotopic (exact) mass is 287 g/mol. The molecule has 1 aromatic carbocycles. The molecule has 0 spiro atoms. The van der Waals surface area contributed by atoms with Gasteiger partial charge in [-0.1, -0.05) is 12.1 Å². The van der Waals surface area contributed by atoms with E-state index in [4.69, 9.17) is 0 Å². The lowest BCUT2D eigenvalue weighted by Crippen LogP contribution is -2.23. The third-order valence-electron chi connectivity index (χ3n) is 4.75. The van der Waals surface area contributed by atoms with Gasteiger partial charge in [0.1, 0.15) is 0 Å². The van der Waals surface area contributed by atoms with Gasteiger partial charge in [0.2, 0.25) is 0 Å². The quantitative estimate of drug-likeness (QED) is 0.720. The van der Waals surface area contributed by atoms with Crippen LogP contribution in [0.5, 0.6) is 0 Å². The van der Waals surface area contributed by atoms with Gasteiger partial charge < -0.3 is 15.5 Å². The standard InChI is InChI=1S/C18H29N3/c1(2-12-21-13-3-4-14-21)9-19-10-7-16-5-6-18-17(15-16)8-11-20-18/h5-6,15,19-20H,1-4,7-14H2. The number of nitrogens with zero attached hydrogens (tertiary/aromatic N) is 1. The molecule has 0 aromatic heterocycles. The summed E-state index contributed by atoms with van der Waals surface area (Å²) < 4.78 is 0. The number of benzene rings is 1. The van der Waals surface area contributed by atoms with E-state index in [2.05, 4.69) is 33.7 Å². The number of likely N-dealkylation sites (tertiary alicyclic amines) is 1. The molecule has 2 aliphatic heterocycles. The Morgan fingerprint density at radius 2 is 2.00 bits per heavy atom. The van der Waals surface area contributed by atoms with Crippen molar-refractivity contribution in [3.8, 4) is 0 Å². The summed E-state index contributed by atoms with van der Waals surface area (Å²) in [4.78, 5) is 2.61. The Labute approximate surface area is 129 Å². The summed E-state index contributed by atoms with van der Waals surface area (Å²) in [6.07, 6.45) is 7.82. The van der Waals surface area contributed by atoms with E-state index in [1.165, 1.54) is 75.1 Å². The van der Waals surface area contributed by atoms with Crippen LogP contribution in [0.25, 0.3) is 0 Å². The second kappa shape index (κ2) is 7.81. The van der Waals surface area contributed by atoms with E-state index in [9.17, 15) is 0 Å². The molecule has 0 radical (unpaired) electrons. The molecule has 0 amide bonds. The van der Waals surface area contributed by atoms with Crippen molar-refractivity contribution in [1.29, 1.82) is 0 Å². The maximum absolute atomic E-state index is 3.59. The molecule has 0 unspecified atom stereocenters. The van der Waals surface area contributed by atoms with Crippen molar-refractivity contribution >= 4 is 5.69 Å². The molecule has 3 heteroatoms. The molecular formula is C18H29N3. The van der Waals surface area contributed by atoms with Crippen LogP contribution in [-0.2, 0) is 12.8 Å². The summed E-state index contributed by atoms with van der Waals surface area (Å²) in [5.74, 6) is 0. The minimum atomic E-state index is 1.11. The number of anilines is 1. The highest BCUT2D eigenvalue weighted by Crippen LogP contribution is 2.22. The maximum atomic E-state index is 3.59. The normalized spacial score (nSPS) is 17.9. The van der Waals surface area contributed by atoms with Crippen LogP contribution in [0.15, 0.2) is 18.2 Å². The molecule has 3 nitrogen and oxygen atoms in total. The molecule has 3 rings (SSSR count). The predicted molar refractivity (Wildman–Crippen MR) is 90.1 cm³/mol. The molecule has 2 heterocycles. The number of rotatable bonds is 8. The SMILES string of the molecule is c1cc2c(cc1CCNCCCCN1CCCC1)CCN2. The summed E-state index contributed by atoms with van der Waals surface area (Å²) in [7, 11) is 0. The minimum Gasteiger partial charge on any atom is -0.384 e. The van der Waals surface area contributed by atoms with Crippen LogP contribution >= 0.6 is 0 Å². The highest BCUT2D eigenvalue weighted by atomic mass is 15.1. The fraction of sp³-hybridized carbons (Fsp3) is 0.667. The van der Waals surface area contributed by atoms with E-state index in [1.807, 2.05) is 0 Å². The lowest BCUT2D eigenvalue weighted by molar-refractivity contribution is 0.329. The van der Waals surface area contributed by atoms with Crippen molar-refractivity contribution in [2.24, 2.45) is 0 Å². The number of nitrogens with one attached hydrogen (secondary N) is 2. The molecule has 2 N–H and O–H groups in total. The first-order valence-corrected chi connectivity index (χ1v) is 8.70. The van der Waals surface area contributed by atoms with E-state index < -0.39 is 0 Å². The molecular weight excluding hydrogens is 258 g/mol. The molecule has 1 saturated heterocycles. The zero-order chi connectivity index (χ0) is 14.3. The van der Waals surface area contributed by atoms with Gasteiger partial charge in [-0.2, -0.15) is 0 Å². The van der Waals surface area contributed by atoms with Crippen LogP contribution in [0.2, 0.25) is 0 Å². The molecule has 0 atom stereocenters. The van der Waals surface area contributed by atoms with E-state index in [0.717, 1.165) is 19.5 Å². The van der Waals surface area contributed by atoms with Crippen molar-refractivity contribution in [3.05, 3.63) is 29.3 Å². The number of fused-ring (bicyclic) bond motifs is 1. The number of hydrogen-bond acceptors (Lipinski definition) is 3. The van der Waals surface area contributed by atoms with Gasteiger partial charge >= 0.3 is 0 Å². The third-order valence-corrected chi connectivity index (χ3v) is 4.75. The fourth-order valence-electron chi connectivity index (χ4n) is 3.46. The average molecular weight is 287 g/mol. The third kappa shape index (κ3) is 4.45. The van der Waals surface area contributed by atoms with Crippen LogP contribution in [0.4, 0.5) is 5.69 Å². The summed E-state index contributed by atoms with van der Waals surface area (Å²) in [5.41, 5.74) is 4.31. The van der Waals surface area contributed by atoms with E-state index in [-0.39, 0.29) is 0 Å². The van der Waals surface area contributed by atoms with Crippen LogP contribution < -0.4 is 10.6 Å². The van der Waals surface area contributed by atoms with Gasteiger partial charge in [-0.15, -0.1) is 0 Å². The van der Waals surface area contributed by atoms with Crippen molar-refractivity contribution in [2.75, 3.05) is 44.6 Å². The van der Waals surface area contributed by atoms with Gasteiger partial charge in [0.05, 0.1) is 0 Å². The first-order valence-electron chi connectivity index (χ1n) is 8.70. The van der Waals surface area contributed by atoms with Crippen molar-refractivity contribution in [2.45, 2.75) is 38.5 Å².